The Kier molecular flexibility index (Phi) is 8.54. The van der Waals surface area contributed by atoms with Crippen LogP contribution in [0.2, 0.25) is 0 Å². The molecule has 1 aliphatic heterocycles. The Morgan fingerprint density at radius 3 is 2.06 bits per heavy atom. The zero-order valence-electron chi connectivity index (χ0n) is 12.4. The van der Waals surface area contributed by atoms with E-state index in [1.165, 1.54) is 45.8 Å². The van der Waals surface area contributed by atoms with Gasteiger partial charge in [-0.2, -0.15) is 0 Å². The first-order valence-corrected chi connectivity index (χ1v) is 7.17. The molecule has 0 amide bonds. The van der Waals surface area contributed by atoms with Crippen LogP contribution in [0.25, 0.3) is 0 Å². The van der Waals surface area contributed by atoms with E-state index in [0.29, 0.717) is 0 Å². The van der Waals surface area contributed by atoms with E-state index in [1.54, 1.807) is 0 Å². The summed E-state index contributed by atoms with van der Waals surface area (Å²) in [6, 6.07) is 0. The maximum atomic E-state index is 3.46. The van der Waals surface area contributed by atoms with Gasteiger partial charge < -0.3 is 15.5 Å². The van der Waals surface area contributed by atoms with E-state index < -0.39 is 0 Å². The van der Waals surface area contributed by atoms with E-state index in [1.807, 2.05) is 7.05 Å². The quantitative estimate of drug-likeness (QED) is 0.517. The second-order valence-electron chi connectivity index (χ2n) is 5.34. The van der Waals surface area contributed by atoms with Crippen LogP contribution in [0, 0.1) is 0 Å². The van der Waals surface area contributed by atoms with Gasteiger partial charge in [0.05, 0.1) is 0 Å². The van der Waals surface area contributed by atoms with Gasteiger partial charge in [-0.05, 0) is 21.1 Å². The maximum absolute atomic E-state index is 3.46. The number of nitrogens with one attached hydrogen (secondary N) is 2. The third kappa shape index (κ3) is 7.28. The van der Waals surface area contributed by atoms with Crippen LogP contribution >= 0.6 is 0 Å². The fourth-order valence-corrected chi connectivity index (χ4v) is 2.15. The Morgan fingerprint density at radius 2 is 1.50 bits per heavy atom. The molecule has 18 heavy (non-hydrogen) atoms. The van der Waals surface area contributed by atoms with Gasteiger partial charge in [0.25, 0.3) is 0 Å². The van der Waals surface area contributed by atoms with Gasteiger partial charge in [0.15, 0.2) is 0 Å². The minimum absolute atomic E-state index is 1.05. The van der Waals surface area contributed by atoms with Crippen LogP contribution in [-0.4, -0.2) is 101 Å². The van der Waals surface area contributed by atoms with Gasteiger partial charge in [-0.1, -0.05) is 0 Å². The molecule has 1 aliphatic rings. The van der Waals surface area contributed by atoms with Gasteiger partial charge in [-0.25, -0.2) is 0 Å². The molecular weight excluding hydrogens is 226 g/mol. The fourth-order valence-electron chi connectivity index (χ4n) is 2.15. The molecule has 0 unspecified atom stereocenters. The highest BCUT2D eigenvalue weighted by molar-refractivity contribution is 4.72. The average Bonchev–Trinajstić information content (AvgIpc) is 2.37. The summed E-state index contributed by atoms with van der Waals surface area (Å²) in [6.45, 7) is 11.7. The van der Waals surface area contributed by atoms with E-state index in [0.717, 1.165) is 19.6 Å². The number of likely N-dealkylation sites (N-methyl/N-ethyl adjacent to an activating group) is 2. The molecule has 0 aromatic heterocycles. The Labute approximate surface area is 112 Å². The molecule has 1 fully saturated rings. The lowest BCUT2D eigenvalue weighted by molar-refractivity contribution is 0.126. The monoisotopic (exact) mass is 257 g/mol. The van der Waals surface area contributed by atoms with Crippen molar-refractivity contribution in [3.63, 3.8) is 0 Å². The molecule has 5 nitrogen and oxygen atoms in total. The molecule has 5 heteroatoms. The van der Waals surface area contributed by atoms with Crippen LogP contribution < -0.4 is 10.6 Å². The summed E-state index contributed by atoms with van der Waals surface area (Å²) < 4.78 is 0. The average molecular weight is 257 g/mol. The lowest BCUT2D eigenvalue weighted by Gasteiger charge is -2.35. The fraction of sp³-hybridized carbons (Fsp3) is 1.00. The topological polar surface area (TPSA) is 33.8 Å². The third-order valence-corrected chi connectivity index (χ3v) is 3.48. The summed E-state index contributed by atoms with van der Waals surface area (Å²) in [7, 11) is 6.29. The summed E-state index contributed by atoms with van der Waals surface area (Å²) >= 11 is 0. The van der Waals surface area contributed by atoms with Crippen molar-refractivity contribution in [2.75, 3.05) is 86.6 Å². The van der Waals surface area contributed by atoms with Crippen molar-refractivity contribution in [2.24, 2.45) is 0 Å². The Hall–Kier alpha value is -0.200. The normalized spacial score (nSPS) is 18.7. The summed E-state index contributed by atoms with van der Waals surface area (Å²) in [5.74, 6) is 0. The van der Waals surface area contributed by atoms with Crippen LogP contribution in [0.15, 0.2) is 0 Å². The second kappa shape index (κ2) is 9.69. The van der Waals surface area contributed by atoms with Gasteiger partial charge in [0.2, 0.25) is 0 Å². The van der Waals surface area contributed by atoms with Crippen molar-refractivity contribution >= 4 is 0 Å². The van der Waals surface area contributed by atoms with E-state index in [4.69, 9.17) is 0 Å². The molecule has 1 rings (SSSR count). The third-order valence-electron chi connectivity index (χ3n) is 3.48. The van der Waals surface area contributed by atoms with Gasteiger partial charge in [0.1, 0.15) is 0 Å². The number of hydrogen-bond donors (Lipinski definition) is 2. The molecule has 0 saturated carbocycles. The molecule has 0 bridgehead atoms. The minimum Gasteiger partial charge on any atom is -0.318 e. The highest BCUT2D eigenvalue weighted by Crippen LogP contribution is 2.00. The Morgan fingerprint density at radius 1 is 0.889 bits per heavy atom. The van der Waals surface area contributed by atoms with E-state index >= 15 is 0 Å². The van der Waals surface area contributed by atoms with Crippen molar-refractivity contribution < 1.29 is 0 Å². The highest BCUT2D eigenvalue weighted by atomic mass is 15.3. The predicted molar refractivity (Wildman–Crippen MR) is 78.2 cm³/mol. The van der Waals surface area contributed by atoms with Gasteiger partial charge >= 0.3 is 0 Å². The summed E-state index contributed by atoms with van der Waals surface area (Å²) in [4.78, 5) is 7.40. The number of hydrogen-bond acceptors (Lipinski definition) is 5. The van der Waals surface area contributed by atoms with Crippen LogP contribution in [0.4, 0.5) is 0 Å². The van der Waals surface area contributed by atoms with Crippen molar-refractivity contribution in [1.82, 2.24) is 25.3 Å². The van der Waals surface area contributed by atoms with Crippen molar-refractivity contribution in [1.29, 1.82) is 0 Å². The number of nitrogens with zero attached hydrogens (tertiary/aromatic N) is 3. The molecule has 2 N–H and O–H groups in total. The number of rotatable bonds is 9. The van der Waals surface area contributed by atoms with E-state index in [2.05, 4.69) is 39.4 Å². The lowest BCUT2D eigenvalue weighted by atomic mass is 10.3. The molecule has 0 aromatic carbocycles. The van der Waals surface area contributed by atoms with Crippen molar-refractivity contribution in [3.05, 3.63) is 0 Å². The summed E-state index contributed by atoms with van der Waals surface area (Å²) in [6.07, 6.45) is 0. The lowest BCUT2D eigenvalue weighted by Crippen LogP contribution is -2.49. The SMILES string of the molecule is CNCCNCCN1CCN(CCN(C)C)CC1. The summed E-state index contributed by atoms with van der Waals surface area (Å²) in [5.41, 5.74) is 0. The van der Waals surface area contributed by atoms with Gasteiger partial charge in [0, 0.05) is 65.4 Å². The molecule has 0 aliphatic carbocycles. The predicted octanol–water partition coefficient (Wildman–Crippen LogP) is -1.03. The number of piperazine rings is 1. The first-order valence-electron chi connectivity index (χ1n) is 7.17. The van der Waals surface area contributed by atoms with Crippen molar-refractivity contribution in [3.8, 4) is 0 Å². The maximum Gasteiger partial charge on any atom is 0.0110 e. The zero-order chi connectivity index (χ0) is 13.2. The molecule has 0 aromatic rings. The van der Waals surface area contributed by atoms with Crippen LogP contribution in [0.3, 0.4) is 0 Å². The van der Waals surface area contributed by atoms with E-state index in [9.17, 15) is 0 Å². The molecule has 0 spiro atoms. The van der Waals surface area contributed by atoms with E-state index in [-0.39, 0.29) is 0 Å². The molecule has 108 valence electrons. The minimum atomic E-state index is 1.05. The Balaban J connectivity index is 1.98. The molecule has 1 saturated heterocycles. The zero-order valence-corrected chi connectivity index (χ0v) is 12.4. The smallest absolute Gasteiger partial charge is 0.0110 e. The van der Waals surface area contributed by atoms with Crippen LogP contribution in [0.5, 0.6) is 0 Å². The molecule has 0 atom stereocenters. The first-order chi connectivity index (χ1) is 8.72. The highest BCUT2D eigenvalue weighted by Gasteiger charge is 2.15. The Bertz CT molecular complexity index is 190. The van der Waals surface area contributed by atoms with Crippen LogP contribution in [0.1, 0.15) is 0 Å². The largest absolute Gasteiger partial charge is 0.318 e. The van der Waals surface area contributed by atoms with Gasteiger partial charge in [-0.15, -0.1) is 0 Å². The molecule has 0 radical (unpaired) electrons. The first kappa shape index (κ1) is 15.9. The second-order valence-corrected chi connectivity index (χ2v) is 5.34. The summed E-state index contributed by atoms with van der Waals surface area (Å²) in [5, 5.41) is 6.61. The standard InChI is InChI=1S/C13H31N5/c1-14-4-5-15-6-7-17-10-12-18(13-11-17)9-8-16(2)3/h14-15H,4-13H2,1-3H3. The van der Waals surface area contributed by atoms with Gasteiger partial charge in [-0.3, -0.25) is 9.80 Å². The van der Waals surface area contributed by atoms with Crippen LogP contribution in [-0.2, 0) is 0 Å². The molecular formula is C13H31N5. The molecule has 1 heterocycles. The van der Waals surface area contributed by atoms with Crippen molar-refractivity contribution in [2.45, 2.75) is 0 Å².